The van der Waals surface area contributed by atoms with Crippen molar-refractivity contribution in [2.24, 2.45) is 0 Å². The second-order valence-electron chi connectivity index (χ2n) is 4.10. The van der Waals surface area contributed by atoms with Crippen LogP contribution in [0.25, 0.3) is 0 Å². The van der Waals surface area contributed by atoms with Crippen molar-refractivity contribution in [2.45, 2.75) is 19.1 Å². The first-order valence-electron chi connectivity index (χ1n) is 5.31. The number of likely N-dealkylation sites (N-methyl/N-ethyl adjacent to an activating group) is 1. The third kappa shape index (κ3) is 1.83. The number of hydrogen-bond acceptors (Lipinski definition) is 4. The van der Waals surface area contributed by atoms with E-state index in [1.54, 1.807) is 24.9 Å². The van der Waals surface area contributed by atoms with Gasteiger partial charge in [0.15, 0.2) is 0 Å². The topological polar surface area (TPSA) is 65.7 Å². The summed E-state index contributed by atoms with van der Waals surface area (Å²) >= 11 is 0. The molecule has 0 radical (unpaired) electrons. The van der Waals surface area contributed by atoms with E-state index in [9.17, 15) is 9.90 Å². The minimum absolute atomic E-state index is 0.112. The van der Waals surface area contributed by atoms with E-state index in [-0.39, 0.29) is 11.9 Å². The first-order chi connectivity index (χ1) is 7.61. The van der Waals surface area contributed by atoms with Crippen LogP contribution in [0.2, 0.25) is 0 Å². The monoisotopic (exact) mass is 224 g/mol. The molecule has 2 heterocycles. The molecule has 5 heteroatoms. The van der Waals surface area contributed by atoms with Gasteiger partial charge in [-0.25, -0.2) is 0 Å². The molecular weight excluding hydrogens is 208 g/mol. The second kappa shape index (κ2) is 4.27. The van der Waals surface area contributed by atoms with E-state index in [2.05, 4.69) is 5.32 Å². The Morgan fingerprint density at radius 1 is 1.62 bits per heavy atom. The summed E-state index contributed by atoms with van der Waals surface area (Å²) in [6.45, 7) is 2.91. The van der Waals surface area contributed by atoms with Crippen LogP contribution in [0, 0.1) is 6.92 Å². The van der Waals surface area contributed by atoms with Gasteiger partial charge in [-0.05, 0) is 13.0 Å². The molecule has 2 N–H and O–H groups in total. The van der Waals surface area contributed by atoms with Gasteiger partial charge in [-0.3, -0.25) is 4.79 Å². The number of rotatable bonds is 2. The lowest BCUT2D eigenvalue weighted by Crippen LogP contribution is -2.44. The van der Waals surface area contributed by atoms with Crippen LogP contribution in [0.5, 0.6) is 0 Å². The quantitative estimate of drug-likeness (QED) is 0.741. The molecule has 1 amide bonds. The van der Waals surface area contributed by atoms with Gasteiger partial charge in [-0.15, -0.1) is 0 Å². The zero-order valence-corrected chi connectivity index (χ0v) is 9.43. The Kier molecular flexibility index (Phi) is 2.98. The van der Waals surface area contributed by atoms with Crippen LogP contribution in [0.4, 0.5) is 0 Å². The predicted molar refractivity (Wildman–Crippen MR) is 58.2 cm³/mol. The van der Waals surface area contributed by atoms with Crippen LogP contribution in [0.15, 0.2) is 16.7 Å². The summed E-state index contributed by atoms with van der Waals surface area (Å²) in [5.74, 6) is 0.497. The van der Waals surface area contributed by atoms with Gasteiger partial charge in [0, 0.05) is 20.1 Å². The van der Waals surface area contributed by atoms with Crippen LogP contribution < -0.4 is 5.32 Å². The van der Waals surface area contributed by atoms with Crippen molar-refractivity contribution >= 4 is 5.91 Å². The fraction of sp³-hybridized carbons (Fsp3) is 0.545. The lowest BCUT2D eigenvalue weighted by Gasteiger charge is -2.26. The number of carbonyl (C=O) groups excluding carboxylic acids is 1. The summed E-state index contributed by atoms with van der Waals surface area (Å²) in [4.78, 5) is 13.7. The number of carbonyl (C=O) groups is 1. The van der Waals surface area contributed by atoms with Gasteiger partial charge in [0.05, 0.1) is 24.0 Å². The maximum absolute atomic E-state index is 12.1. The zero-order valence-electron chi connectivity index (χ0n) is 9.43. The van der Waals surface area contributed by atoms with E-state index < -0.39 is 6.10 Å². The number of aliphatic hydroxyl groups is 1. The molecule has 0 unspecified atom stereocenters. The van der Waals surface area contributed by atoms with Gasteiger partial charge in [0.25, 0.3) is 5.91 Å². The lowest BCUT2D eigenvalue weighted by atomic mass is 10.1. The van der Waals surface area contributed by atoms with Gasteiger partial charge in [0.2, 0.25) is 0 Å². The SMILES string of the molecule is Cc1occc1C(=O)N(C)[C@@H]1CNC[C@H]1O. The Bertz CT molecular complexity index is 388. The Hall–Kier alpha value is -1.33. The van der Waals surface area contributed by atoms with Crippen molar-refractivity contribution in [3.05, 3.63) is 23.7 Å². The molecule has 1 aromatic rings. The highest BCUT2D eigenvalue weighted by Crippen LogP contribution is 2.15. The minimum atomic E-state index is -0.499. The predicted octanol–water partition coefficient (Wildman–Crippen LogP) is -0.00728. The molecule has 0 aromatic carbocycles. The number of nitrogens with one attached hydrogen (secondary N) is 1. The molecular formula is C11H16N2O3. The average molecular weight is 224 g/mol. The van der Waals surface area contributed by atoms with E-state index >= 15 is 0 Å². The van der Waals surface area contributed by atoms with E-state index in [0.29, 0.717) is 24.4 Å². The van der Waals surface area contributed by atoms with Crippen LogP contribution in [0.1, 0.15) is 16.1 Å². The van der Waals surface area contributed by atoms with Crippen LogP contribution in [-0.4, -0.2) is 48.2 Å². The van der Waals surface area contributed by atoms with E-state index in [1.807, 2.05) is 0 Å². The molecule has 0 aliphatic carbocycles. The number of aliphatic hydroxyl groups excluding tert-OH is 1. The largest absolute Gasteiger partial charge is 0.469 e. The summed E-state index contributed by atoms with van der Waals surface area (Å²) in [6, 6.07) is 1.49. The fourth-order valence-corrected chi connectivity index (χ4v) is 1.99. The summed E-state index contributed by atoms with van der Waals surface area (Å²) in [7, 11) is 1.70. The van der Waals surface area contributed by atoms with E-state index in [1.165, 1.54) is 6.26 Å². The lowest BCUT2D eigenvalue weighted by molar-refractivity contribution is 0.0579. The number of nitrogens with zero attached hydrogens (tertiary/aromatic N) is 1. The molecule has 2 atom stereocenters. The Labute approximate surface area is 94.0 Å². The third-order valence-corrected chi connectivity index (χ3v) is 3.06. The standard InChI is InChI=1S/C11H16N2O3/c1-7-8(3-4-16-7)11(15)13(2)9-5-12-6-10(9)14/h3-4,9-10,12,14H,5-6H2,1-2H3/t9-,10-/m1/s1. The fourth-order valence-electron chi connectivity index (χ4n) is 1.99. The molecule has 16 heavy (non-hydrogen) atoms. The highest BCUT2D eigenvalue weighted by molar-refractivity contribution is 5.95. The maximum Gasteiger partial charge on any atom is 0.257 e. The molecule has 1 aliphatic rings. The Morgan fingerprint density at radius 3 is 2.88 bits per heavy atom. The molecule has 1 saturated heterocycles. The second-order valence-corrected chi connectivity index (χ2v) is 4.10. The molecule has 0 bridgehead atoms. The van der Waals surface area contributed by atoms with Crippen molar-refractivity contribution in [3.8, 4) is 0 Å². The highest BCUT2D eigenvalue weighted by atomic mass is 16.3. The normalized spacial score (nSPS) is 24.7. The molecule has 1 fully saturated rings. The highest BCUT2D eigenvalue weighted by Gasteiger charge is 2.32. The molecule has 5 nitrogen and oxygen atoms in total. The van der Waals surface area contributed by atoms with E-state index in [0.717, 1.165) is 0 Å². The summed E-state index contributed by atoms with van der Waals surface area (Å²) < 4.78 is 5.10. The Balaban J connectivity index is 2.13. The van der Waals surface area contributed by atoms with E-state index in [4.69, 9.17) is 4.42 Å². The summed E-state index contributed by atoms with van der Waals surface area (Å²) in [6.07, 6.45) is 1.00. The van der Waals surface area contributed by atoms with Crippen molar-refractivity contribution in [1.29, 1.82) is 0 Å². The molecule has 0 saturated carbocycles. The van der Waals surface area contributed by atoms with Gasteiger partial charge in [-0.2, -0.15) is 0 Å². The Morgan fingerprint density at radius 2 is 2.38 bits per heavy atom. The van der Waals surface area contributed by atoms with Gasteiger partial charge < -0.3 is 19.7 Å². The average Bonchev–Trinajstić information content (AvgIpc) is 2.85. The zero-order chi connectivity index (χ0) is 11.7. The van der Waals surface area contributed by atoms with Crippen LogP contribution in [0.3, 0.4) is 0 Å². The van der Waals surface area contributed by atoms with Crippen molar-refractivity contribution in [3.63, 3.8) is 0 Å². The van der Waals surface area contributed by atoms with Crippen LogP contribution in [-0.2, 0) is 0 Å². The van der Waals surface area contributed by atoms with Gasteiger partial charge in [-0.1, -0.05) is 0 Å². The van der Waals surface area contributed by atoms with Crippen molar-refractivity contribution in [2.75, 3.05) is 20.1 Å². The number of hydrogen-bond donors (Lipinski definition) is 2. The first kappa shape index (κ1) is 11.2. The van der Waals surface area contributed by atoms with Crippen molar-refractivity contribution < 1.29 is 14.3 Å². The molecule has 2 rings (SSSR count). The number of amides is 1. The maximum atomic E-state index is 12.1. The molecule has 0 spiro atoms. The third-order valence-electron chi connectivity index (χ3n) is 3.06. The smallest absolute Gasteiger partial charge is 0.257 e. The first-order valence-corrected chi connectivity index (χ1v) is 5.31. The van der Waals surface area contributed by atoms with Gasteiger partial charge >= 0.3 is 0 Å². The number of aryl methyl sites for hydroxylation is 1. The summed E-state index contributed by atoms with van der Waals surface area (Å²) in [5.41, 5.74) is 0.557. The molecule has 1 aliphatic heterocycles. The number of furan rings is 1. The molecule has 88 valence electrons. The van der Waals surface area contributed by atoms with Crippen molar-refractivity contribution in [1.82, 2.24) is 10.2 Å². The van der Waals surface area contributed by atoms with Crippen LogP contribution >= 0.6 is 0 Å². The molecule has 1 aromatic heterocycles. The van der Waals surface area contributed by atoms with Gasteiger partial charge in [0.1, 0.15) is 5.76 Å². The summed E-state index contributed by atoms with van der Waals surface area (Å²) in [5, 5.41) is 12.7. The minimum Gasteiger partial charge on any atom is -0.469 e. The number of β-amino-alcohol motifs (C(OH)–C–C–N with tert-alkyl or cyclic N) is 1.